The Morgan fingerprint density at radius 3 is 2.59 bits per heavy atom. The molecule has 122 valence electrons. The van der Waals surface area contributed by atoms with E-state index in [1.807, 2.05) is 0 Å². The number of nitrogens with one attached hydrogen (secondary N) is 1. The Morgan fingerprint density at radius 2 is 1.95 bits per heavy atom. The molecule has 0 aliphatic carbocycles. The van der Waals surface area contributed by atoms with Crippen LogP contribution in [0.15, 0.2) is 12.1 Å². The van der Waals surface area contributed by atoms with Gasteiger partial charge in [0, 0.05) is 19.1 Å². The second-order valence-corrected chi connectivity index (χ2v) is 7.61. The Hall–Kier alpha value is -0.520. The molecular formula is C15H20Cl3N3O. The largest absolute Gasteiger partial charge is 0.327 e. The predicted molar refractivity (Wildman–Crippen MR) is 92.9 cm³/mol. The minimum atomic E-state index is -0.133. The van der Waals surface area contributed by atoms with E-state index in [2.05, 4.69) is 24.1 Å². The zero-order valence-corrected chi connectivity index (χ0v) is 14.9. The number of rotatable bonds is 3. The van der Waals surface area contributed by atoms with Crippen LogP contribution in [0.5, 0.6) is 0 Å². The third kappa shape index (κ3) is 4.27. The number of carbonyl (C=O) groups is 1. The second-order valence-electron chi connectivity index (χ2n) is 6.39. The standard InChI is InChI=1S/C15H20Cl3N3O/c1-15(2)8-21(4-3-13(15)19)7-14(22)20-12-6-10(17)9(16)5-11(12)18/h5-6,13H,3-4,7-8,19H2,1-2H3,(H,20,22). The Kier molecular flexibility index (Phi) is 5.62. The van der Waals surface area contributed by atoms with Gasteiger partial charge in [-0.15, -0.1) is 0 Å². The number of carbonyl (C=O) groups excluding carboxylic acids is 1. The van der Waals surface area contributed by atoms with E-state index in [9.17, 15) is 4.79 Å². The van der Waals surface area contributed by atoms with Crippen LogP contribution in [0.25, 0.3) is 0 Å². The maximum atomic E-state index is 12.2. The Morgan fingerprint density at radius 1 is 1.32 bits per heavy atom. The number of hydrogen-bond acceptors (Lipinski definition) is 3. The summed E-state index contributed by atoms with van der Waals surface area (Å²) in [6.07, 6.45) is 0.883. The number of nitrogens with zero attached hydrogens (tertiary/aromatic N) is 1. The van der Waals surface area contributed by atoms with Crippen LogP contribution in [-0.4, -0.2) is 36.5 Å². The quantitative estimate of drug-likeness (QED) is 0.805. The number of likely N-dealkylation sites (tertiary alicyclic amines) is 1. The van der Waals surface area contributed by atoms with E-state index in [0.717, 1.165) is 19.5 Å². The van der Waals surface area contributed by atoms with Crippen LogP contribution < -0.4 is 11.1 Å². The SMILES string of the molecule is CC1(C)CN(CC(=O)Nc2cc(Cl)c(Cl)cc2Cl)CCC1N. The molecule has 1 unspecified atom stereocenters. The summed E-state index contributed by atoms with van der Waals surface area (Å²) >= 11 is 17.9. The van der Waals surface area contributed by atoms with Crippen LogP contribution in [0.4, 0.5) is 5.69 Å². The number of amides is 1. The fraction of sp³-hybridized carbons (Fsp3) is 0.533. The van der Waals surface area contributed by atoms with Gasteiger partial charge in [0.05, 0.1) is 27.3 Å². The second kappa shape index (κ2) is 6.93. The van der Waals surface area contributed by atoms with Crippen molar-refractivity contribution >= 4 is 46.4 Å². The molecule has 0 spiro atoms. The third-order valence-corrected chi connectivity index (χ3v) is 5.08. The first kappa shape index (κ1) is 17.8. The molecular weight excluding hydrogens is 345 g/mol. The lowest BCUT2D eigenvalue weighted by Gasteiger charge is -2.42. The Bertz CT molecular complexity index is 577. The highest BCUT2D eigenvalue weighted by molar-refractivity contribution is 6.44. The highest BCUT2D eigenvalue weighted by Crippen LogP contribution is 2.32. The van der Waals surface area contributed by atoms with Crippen LogP contribution in [0.3, 0.4) is 0 Å². The van der Waals surface area contributed by atoms with Crippen molar-refractivity contribution in [3.63, 3.8) is 0 Å². The van der Waals surface area contributed by atoms with Crippen molar-refractivity contribution in [3.05, 3.63) is 27.2 Å². The van der Waals surface area contributed by atoms with Gasteiger partial charge in [-0.2, -0.15) is 0 Å². The van der Waals surface area contributed by atoms with E-state index >= 15 is 0 Å². The Balaban J connectivity index is 1.98. The molecule has 1 atom stereocenters. The molecule has 1 aliphatic heterocycles. The molecule has 1 amide bonds. The highest BCUT2D eigenvalue weighted by Gasteiger charge is 2.33. The summed E-state index contributed by atoms with van der Waals surface area (Å²) < 4.78 is 0. The maximum Gasteiger partial charge on any atom is 0.238 e. The molecule has 0 bridgehead atoms. The molecule has 0 radical (unpaired) electrons. The first-order chi connectivity index (χ1) is 10.2. The van der Waals surface area contributed by atoms with Crippen LogP contribution in [0.1, 0.15) is 20.3 Å². The zero-order valence-electron chi connectivity index (χ0n) is 12.6. The van der Waals surface area contributed by atoms with Crippen LogP contribution in [-0.2, 0) is 4.79 Å². The van der Waals surface area contributed by atoms with Gasteiger partial charge in [-0.3, -0.25) is 9.69 Å². The number of halogens is 3. The van der Waals surface area contributed by atoms with Crippen molar-refractivity contribution in [1.29, 1.82) is 0 Å². The number of anilines is 1. The average molecular weight is 365 g/mol. The minimum absolute atomic E-state index is 0.000243. The smallest absolute Gasteiger partial charge is 0.238 e. The maximum absolute atomic E-state index is 12.2. The monoisotopic (exact) mass is 363 g/mol. The van der Waals surface area contributed by atoms with Gasteiger partial charge in [0.15, 0.2) is 0 Å². The van der Waals surface area contributed by atoms with Crippen molar-refractivity contribution in [2.45, 2.75) is 26.3 Å². The fourth-order valence-electron chi connectivity index (χ4n) is 2.63. The summed E-state index contributed by atoms with van der Waals surface area (Å²) in [5.41, 5.74) is 6.57. The van der Waals surface area contributed by atoms with Crippen molar-refractivity contribution < 1.29 is 4.79 Å². The minimum Gasteiger partial charge on any atom is -0.327 e. The van der Waals surface area contributed by atoms with Crippen molar-refractivity contribution in [1.82, 2.24) is 4.90 Å². The van der Waals surface area contributed by atoms with Crippen LogP contribution in [0, 0.1) is 5.41 Å². The number of piperidine rings is 1. The lowest BCUT2D eigenvalue weighted by molar-refractivity contribution is -0.118. The van der Waals surface area contributed by atoms with Crippen molar-refractivity contribution in [2.24, 2.45) is 11.1 Å². The molecule has 0 saturated carbocycles. The molecule has 7 heteroatoms. The third-order valence-electron chi connectivity index (χ3n) is 4.04. The topological polar surface area (TPSA) is 58.4 Å². The number of benzene rings is 1. The summed E-state index contributed by atoms with van der Waals surface area (Å²) in [6.45, 7) is 6.14. The van der Waals surface area contributed by atoms with E-state index in [1.54, 1.807) is 6.07 Å². The van der Waals surface area contributed by atoms with Gasteiger partial charge < -0.3 is 11.1 Å². The van der Waals surface area contributed by atoms with E-state index < -0.39 is 0 Å². The summed E-state index contributed by atoms with van der Waals surface area (Å²) in [6, 6.07) is 3.24. The van der Waals surface area contributed by atoms with Gasteiger partial charge in [-0.25, -0.2) is 0 Å². The summed E-state index contributed by atoms with van der Waals surface area (Å²) in [7, 11) is 0. The first-order valence-corrected chi connectivity index (χ1v) is 8.25. The molecule has 1 aromatic rings. The molecule has 1 aromatic carbocycles. The van der Waals surface area contributed by atoms with Crippen molar-refractivity contribution in [3.8, 4) is 0 Å². The van der Waals surface area contributed by atoms with Gasteiger partial charge in [0.1, 0.15) is 0 Å². The van der Waals surface area contributed by atoms with Crippen molar-refractivity contribution in [2.75, 3.05) is 25.0 Å². The normalized spacial score (nSPS) is 21.6. The summed E-state index contributed by atoms with van der Waals surface area (Å²) in [5.74, 6) is -0.133. The van der Waals surface area contributed by atoms with Crippen LogP contribution in [0.2, 0.25) is 15.1 Å². The lowest BCUT2D eigenvalue weighted by atomic mass is 9.80. The molecule has 1 fully saturated rings. The molecule has 4 nitrogen and oxygen atoms in total. The van der Waals surface area contributed by atoms with E-state index in [4.69, 9.17) is 40.5 Å². The van der Waals surface area contributed by atoms with Gasteiger partial charge in [0.2, 0.25) is 5.91 Å². The lowest BCUT2D eigenvalue weighted by Crippen LogP contribution is -2.53. The predicted octanol–water partition coefficient (Wildman–Crippen LogP) is 3.64. The van der Waals surface area contributed by atoms with Crippen LogP contribution >= 0.6 is 34.8 Å². The van der Waals surface area contributed by atoms with Gasteiger partial charge >= 0.3 is 0 Å². The number of hydrogen-bond donors (Lipinski definition) is 2. The molecule has 1 heterocycles. The summed E-state index contributed by atoms with van der Waals surface area (Å²) in [5, 5.41) is 3.85. The van der Waals surface area contributed by atoms with Gasteiger partial charge in [-0.1, -0.05) is 48.7 Å². The zero-order chi connectivity index (χ0) is 16.5. The molecule has 1 aliphatic rings. The molecule has 2 rings (SSSR count). The average Bonchev–Trinajstić information content (AvgIpc) is 2.40. The fourth-order valence-corrected chi connectivity index (χ4v) is 3.23. The molecule has 1 saturated heterocycles. The van der Waals surface area contributed by atoms with E-state index in [1.165, 1.54) is 6.07 Å². The van der Waals surface area contributed by atoms with E-state index in [0.29, 0.717) is 27.3 Å². The first-order valence-electron chi connectivity index (χ1n) is 7.11. The molecule has 0 aromatic heterocycles. The van der Waals surface area contributed by atoms with E-state index in [-0.39, 0.29) is 17.4 Å². The number of nitrogens with two attached hydrogens (primary N) is 1. The molecule has 22 heavy (non-hydrogen) atoms. The molecule has 3 N–H and O–H groups in total. The highest BCUT2D eigenvalue weighted by atomic mass is 35.5. The van der Waals surface area contributed by atoms with Gasteiger partial charge in [0.25, 0.3) is 0 Å². The Labute approximate surface area is 145 Å². The summed E-state index contributed by atoms with van der Waals surface area (Å²) in [4.78, 5) is 14.3. The van der Waals surface area contributed by atoms with Gasteiger partial charge in [-0.05, 0) is 24.0 Å².